The quantitative estimate of drug-likeness (QED) is 0.0733. The van der Waals surface area contributed by atoms with Gasteiger partial charge in [-0.1, -0.05) is 12.1 Å². The van der Waals surface area contributed by atoms with Crippen LogP contribution in [0.3, 0.4) is 0 Å². The summed E-state index contributed by atoms with van der Waals surface area (Å²) in [5.74, 6) is -4.25. The zero-order chi connectivity index (χ0) is 46.4. The standard InChI is InChI=1S/C38H57N3O22/c1-13-20(40-14(2)44)28(22(47)18(11-42)57-13)59-38-27(52)25(50)31(33(63-38)35(54)55)61-36-21(41-15(3)45)29(23(48)19(12-43)58-36)60-37-26(51)24(49)30(56-4)32(62-37)34(53)39-10-9-16-5-7-17(46)8-6-16/h5-8,13,18-33,36-38,42-43,46-52H,9-12H2,1-4H3,(H,39,53)(H,40,44)(H,41,45)(H,54,55)/p-1. The summed E-state index contributed by atoms with van der Waals surface area (Å²) in [4.78, 5) is 50.6. The van der Waals surface area contributed by atoms with Crippen LogP contribution < -0.4 is 21.1 Å². The Morgan fingerprint density at radius 2 is 1.14 bits per heavy atom. The molecule has 0 radical (unpaired) electrons. The maximum Gasteiger partial charge on any atom is 0.252 e. The second kappa shape index (κ2) is 22.0. The monoisotopic (exact) mass is 906 g/mol. The molecule has 20 atom stereocenters. The molecule has 0 spiro atoms. The van der Waals surface area contributed by atoms with Gasteiger partial charge in [0.05, 0.1) is 31.3 Å². The molecule has 4 fully saturated rings. The lowest BCUT2D eigenvalue weighted by molar-refractivity contribution is -0.382. The Kier molecular flexibility index (Phi) is 17.5. The summed E-state index contributed by atoms with van der Waals surface area (Å²) in [6.45, 7) is 2.01. The first-order chi connectivity index (χ1) is 29.8. The van der Waals surface area contributed by atoms with E-state index in [-0.39, 0.29) is 12.3 Å². The number of benzene rings is 1. The number of phenolic OH excluding ortho intramolecular Hbond substituents is 1. The number of carboxylic acid groups (broad SMARTS) is 1. The molecule has 25 heteroatoms. The Bertz CT molecular complexity index is 1700. The van der Waals surface area contributed by atoms with E-state index in [1.807, 2.05) is 0 Å². The van der Waals surface area contributed by atoms with E-state index in [9.17, 15) is 70.2 Å². The topological polar surface area (TPSA) is 383 Å². The number of amides is 3. The molecule has 1 aromatic rings. The first-order valence-corrected chi connectivity index (χ1v) is 20.0. The van der Waals surface area contributed by atoms with Crippen LogP contribution in [-0.4, -0.2) is 219 Å². The number of ether oxygens (including phenoxy) is 8. The van der Waals surface area contributed by atoms with Crippen LogP contribution in [0.25, 0.3) is 0 Å². The number of carbonyl (C=O) groups is 4. The molecule has 12 N–H and O–H groups in total. The Morgan fingerprint density at radius 1 is 0.651 bits per heavy atom. The van der Waals surface area contributed by atoms with Crippen molar-refractivity contribution in [2.75, 3.05) is 26.9 Å². The lowest BCUT2D eigenvalue weighted by atomic mass is 9.92. The molecule has 0 aliphatic carbocycles. The first-order valence-electron chi connectivity index (χ1n) is 20.0. The Balaban J connectivity index is 1.37. The molecule has 20 unspecified atom stereocenters. The highest BCUT2D eigenvalue weighted by Crippen LogP contribution is 2.35. The minimum atomic E-state index is -2.34. The number of aliphatic hydroxyl groups excluding tert-OH is 8. The fourth-order valence-corrected chi connectivity index (χ4v) is 7.89. The van der Waals surface area contributed by atoms with Crippen molar-refractivity contribution in [1.82, 2.24) is 16.0 Å². The highest BCUT2D eigenvalue weighted by Gasteiger charge is 2.56. The van der Waals surface area contributed by atoms with Crippen LogP contribution in [0.4, 0.5) is 0 Å². The van der Waals surface area contributed by atoms with E-state index in [4.69, 9.17) is 37.9 Å². The van der Waals surface area contributed by atoms with E-state index in [0.717, 1.165) is 26.5 Å². The van der Waals surface area contributed by atoms with Crippen molar-refractivity contribution < 1.29 is 108 Å². The number of nitrogens with one attached hydrogen (secondary N) is 3. The Morgan fingerprint density at radius 3 is 1.67 bits per heavy atom. The van der Waals surface area contributed by atoms with Crippen LogP contribution in [0.15, 0.2) is 24.3 Å². The minimum Gasteiger partial charge on any atom is -0.547 e. The van der Waals surface area contributed by atoms with Crippen LogP contribution >= 0.6 is 0 Å². The van der Waals surface area contributed by atoms with Crippen LogP contribution in [0.5, 0.6) is 5.75 Å². The summed E-state index contributed by atoms with van der Waals surface area (Å²) in [5, 5.41) is 117. The van der Waals surface area contributed by atoms with Gasteiger partial charge in [-0.3, -0.25) is 14.4 Å². The van der Waals surface area contributed by atoms with Gasteiger partial charge in [0, 0.05) is 27.5 Å². The molecule has 4 aliphatic heterocycles. The van der Waals surface area contributed by atoms with Gasteiger partial charge in [0.15, 0.2) is 25.0 Å². The third-order valence-corrected chi connectivity index (χ3v) is 11.1. The number of hydrogen-bond donors (Lipinski definition) is 12. The second-order valence-electron chi connectivity index (χ2n) is 15.6. The molecule has 356 valence electrons. The fourth-order valence-electron chi connectivity index (χ4n) is 7.89. The first kappa shape index (κ1) is 50.3. The van der Waals surface area contributed by atoms with Crippen molar-refractivity contribution in [3.8, 4) is 5.75 Å². The van der Waals surface area contributed by atoms with Crippen molar-refractivity contribution in [3.05, 3.63) is 29.8 Å². The number of phenols is 1. The number of carbonyl (C=O) groups excluding carboxylic acids is 4. The third-order valence-electron chi connectivity index (χ3n) is 11.1. The maximum atomic E-state index is 13.4. The molecule has 25 nitrogen and oxygen atoms in total. The molecule has 4 aliphatic rings. The van der Waals surface area contributed by atoms with Crippen molar-refractivity contribution in [2.45, 2.75) is 150 Å². The molecule has 0 saturated carbocycles. The van der Waals surface area contributed by atoms with E-state index in [0.29, 0.717) is 6.42 Å². The SMILES string of the molecule is COC1C(C(=O)NCCc2ccc(O)cc2)OC(OC2C(O)C(CO)OC(OC3C(C(=O)[O-])OC(OC4C(O)C(CO)OC(C)C4NC(C)=O)C(O)C3O)C2NC(C)=O)C(O)C1O. The number of carboxylic acids is 1. The highest BCUT2D eigenvalue weighted by atomic mass is 16.8. The maximum absolute atomic E-state index is 13.4. The van der Waals surface area contributed by atoms with Crippen LogP contribution in [0.1, 0.15) is 26.3 Å². The van der Waals surface area contributed by atoms with Gasteiger partial charge in [-0.05, 0) is 31.0 Å². The predicted octanol–water partition coefficient (Wildman–Crippen LogP) is -7.91. The van der Waals surface area contributed by atoms with E-state index < -0.39 is 159 Å². The number of rotatable bonds is 16. The zero-order valence-electron chi connectivity index (χ0n) is 34.5. The molecule has 4 saturated heterocycles. The fraction of sp³-hybridized carbons (Fsp3) is 0.737. The molecule has 1 aromatic carbocycles. The van der Waals surface area contributed by atoms with Crippen molar-refractivity contribution in [3.63, 3.8) is 0 Å². The molecule has 3 amide bonds. The van der Waals surface area contributed by atoms with Crippen LogP contribution in [0.2, 0.25) is 0 Å². The number of aliphatic carboxylic acids is 1. The number of aromatic hydroxyl groups is 1. The number of aliphatic hydroxyl groups is 8. The van der Waals surface area contributed by atoms with Gasteiger partial charge < -0.3 is 110 Å². The average molecular weight is 907 g/mol. The largest absolute Gasteiger partial charge is 0.547 e. The smallest absolute Gasteiger partial charge is 0.252 e. The van der Waals surface area contributed by atoms with Gasteiger partial charge in [-0.15, -0.1) is 0 Å². The van der Waals surface area contributed by atoms with Gasteiger partial charge in [0.2, 0.25) is 11.8 Å². The van der Waals surface area contributed by atoms with E-state index >= 15 is 0 Å². The average Bonchev–Trinajstić information content (AvgIpc) is 3.23. The molecule has 0 aromatic heterocycles. The van der Waals surface area contributed by atoms with Crippen LogP contribution in [0, 0.1) is 0 Å². The molecule has 0 bridgehead atoms. The normalized spacial score (nSPS) is 40.7. The molecule has 5 rings (SSSR count). The Labute approximate surface area is 359 Å². The summed E-state index contributed by atoms with van der Waals surface area (Å²) >= 11 is 0. The summed E-state index contributed by atoms with van der Waals surface area (Å²) < 4.78 is 45.4. The lowest BCUT2D eigenvalue weighted by Crippen LogP contribution is -2.71. The summed E-state index contributed by atoms with van der Waals surface area (Å²) in [6, 6.07) is 3.29. The van der Waals surface area contributed by atoms with E-state index in [1.165, 1.54) is 19.1 Å². The van der Waals surface area contributed by atoms with Crippen molar-refractivity contribution in [2.24, 2.45) is 0 Å². The number of methoxy groups -OCH3 is 1. The zero-order valence-corrected chi connectivity index (χ0v) is 34.5. The van der Waals surface area contributed by atoms with Gasteiger partial charge in [-0.25, -0.2) is 0 Å². The van der Waals surface area contributed by atoms with Gasteiger partial charge in [-0.2, -0.15) is 0 Å². The minimum absolute atomic E-state index is 0.0415. The number of hydrogen-bond acceptors (Lipinski definition) is 22. The summed E-state index contributed by atoms with van der Waals surface area (Å²) in [6.07, 6.45) is -32.5. The summed E-state index contributed by atoms with van der Waals surface area (Å²) in [7, 11) is 1.14. The molecular formula is C38H56N3O22-. The van der Waals surface area contributed by atoms with Gasteiger partial charge in [0.25, 0.3) is 5.91 Å². The summed E-state index contributed by atoms with van der Waals surface area (Å²) in [5.41, 5.74) is 0.754. The van der Waals surface area contributed by atoms with E-state index in [1.54, 1.807) is 12.1 Å². The van der Waals surface area contributed by atoms with Gasteiger partial charge >= 0.3 is 0 Å². The molecule has 4 heterocycles. The second-order valence-corrected chi connectivity index (χ2v) is 15.6. The lowest BCUT2D eigenvalue weighted by Gasteiger charge is -2.50. The predicted molar refractivity (Wildman–Crippen MR) is 201 cm³/mol. The molecular weight excluding hydrogens is 850 g/mol. The van der Waals surface area contributed by atoms with Crippen molar-refractivity contribution >= 4 is 23.7 Å². The van der Waals surface area contributed by atoms with E-state index in [2.05, 4.69) is 16.0 Å². The van der Waals surface area contributed by atoms with Gasteiger partial charge in [0.1, 0.15) is 91.1 Å². The molecule has 63 heavy (non-hydrogen) atoms. The highest BCUT2D eigenvalue weighted by molar-refractivity contribution is 5.81. The third kappa shape index (κ3) is 11.6. The van der Waals surface area contributed by atoms with Crippen molar-refractivity contribution in [1.29, 1.82) is 0 Å². The van der Waals surface area contributed by atoms with Crippen LogP contribution in [-0.2, 0) is 63.5 Å². The Hall–Kier alpha value is -3.74.